The number of benzene rings is 2. The molecule has 4 aromatic rings. The van der Waals surface area contributed by atoms with Gasteiger partial charge in [-0.15, -0.1) is 11.3 Å². The summed E-state index contributed by atoms with van der Waals surface area (Å²) in [5.74, 6) is -1.61. The Bertz CT molecular complexity index is 1490. The van der Waals surface area contributed by atoms with E-state index in [4.69, 9.17) is 4.74 Å². The molecule has 1 aliphatic heterocycles. The number of para-hydroxylation sites is 2. The van der Waals surface area contributed by atoms with E-state index in [1.807, 2.05) is 18.2 Å². The number of nitrogens with zero attached hydrogens (tertiary/aromatic N) is 3. The molecule has 0 spiro atoms. The van der Waals surface area contributed by atoms with E-state index in [-0.39, 0.29) is 23.0 Å². The van der Waals surface area contributed by atoms with Gasteiger partial charge in [-0.3, -0.25) is 14.5 Å². The number of aliphatic hydroxyl groups excluding tert-OH is 1. The summed E-state index contributed by atoms with van der Waals surface area (Å²) in [4.78, 5) is 40.7. The Kier molecular flexibility index (Phi) is 5.52. The summed E-state index contributed by atoms with van der Waals surface area (Å²) in [6, 6.07) is 10.8. The van der Waals surface area contributed by atoms with E-state index in [1.54, 1.807) is 39.0 Å². The number of phenols is 1. The highest BCUT2D eigenvalue weighted by atomic mass is 32.1. The molecule has 0 bridgehead atoms. The van der Waals surface area contributed by atoms with E-state index in [2.05, 4.69) is 15.0 Å². The molecule has 0 radical (unpaired) electrons. The van der Waals surface area contributed by atoms with E-state index in [1.165, 1.54) is 22.3 Å². The molecule has 0 saturated carbocycles. The van der Waals surface area contributed by atoms with Gasteiger partial charge in [-0.1, -0.05) is 18.2 Å². The van der Waals surface area contributed by atoms with Crippen LogP contribution in [0.25, 0.3) is 11.0 Å². The lowest BCUT2D eigenvalue weighted by atomic mass is 9.95. The predicted molar refractivity (Wildman–Crippen MR) is 131 cm³/mol. The Hall–Kier alpha value is -4.18. The number of hydrogen-bond donors (Lipinski definition) is 3. The average molecular weight is 491 g/mol. The molecule has 2 aromatic heterocycles. The van der Waals surface area contributed by atoms with Gasteiger partial charge in [0.1, 0.15) is 0 Å². The number of aromatic hydroxyl groups is 1. The van der Waals surface area contributed by atoms with Crippen LogP contribution < -0.4 is 9.64 Å². The van der Waals surface area contributed by atoms with Crippen LogP contribution in [0, 0.1) is 13.8 Å². The van der Waals surface area contributed by atoms with Gasteiger partial charge in [-0.25, -0.2) is 9.97 Å². The SMILES string of the molecule is CCOc1cc(C2C(C(=O)c3sc(C)nc3C)=C(O)C(=O)N2c2nc3ccccc3[nH]2)ccc1O. The Morgan fingerprint density at radius 2 is 1.94 bits per heavy atom. The summed E-state index contributed by atoms with van der Waals surface area (Å²) < 4.78 is 5.53. The van der Waals surface area contributed by atoms with Crippen molar-refractivity contribution >= 4 is 40.0 Å². The lowest BCUT2D eigenvalue weighted by Gasteiger charge is -2.25. The van der Waals surface area contributed by atoms with Gasteiger partial charge in [0.15, 0.2) is 17.3 Å². The molecule has 2 aromatic carbocycles. The first-order valence-corrected chi connectivity index (χ1v) is 11.8. The number of aromatic amines is 1. The van der Waals surface area contributed by atoms with Crippen LogP contribution in [0.5, 0.6) is 11.5 Å². The number of hydrogen-bond acceptors (Lipinski definition) is 8. The average Bonchev–Trinajstić information content (AvgIpc) is 3.48. The largest absolute Gasteiger partial charge is 0.504 e. The third-order valence-corrected chi connectivity index (χ3v) is 6.84. The Labute approximate surface area is 204 Å². The number of aryl methyl sites for hydroxylation is 2. The summed E-state index contributed by atoms with van der Waals surface area (Å²) in [5, 5.41) is 21.9. The highest BCUT2D eigenvalue weighted by molar-refractivity contribution is 7.14. The molecule has 9 nitrogen and oxygen atoms in total. The maximum atomic E-state index is 13.7. The van der Waals surface area contributed by atoms with Crippen LogP contribution in [-0.2, 0) is 4.79 Å². The van der Waals surface area contributed by atoms with Crippen molar-refractivity contribution in [3.05, 3.63) is 74.9 Å². The molecule has 1 aliphatic rings. The molecule has 10 heteroatoms. The number of imidazole rings is 1. The zero-order valence-electron chi connectivity index (χ0n) is 19.2. The molecule has 0 fully saturated rings. The molecular formula is C25H22N4O5S. The molecular weight excluding hydrogens is 468 g/mol. The minimum absolute atomic E-state index is 0.0785. The first-order valence-electron chi connectivity index (χ1n) is 11.0. The lowest BCUT2D eigenvalue weighted by molar-refractivity contribution is -0.117. The molecule has 1 atom stereocenters. The first kappa shape index (κ1) is 22.6. The third kappa shape index (κ3) is 3.71. The second-order valence-electron chi connectivity index (χ2n) is 8.05. The number of carbonyl (C=O) groups is 2. The number of ketones is 1. The molecule has 1 amide bonds. The van der Waals surface area contributed by atoms with Gasteiger partial charge >= 0.3 is 0 Å². The van der Waals surface area contributed by atoms with Crippen LogP contribution in [0.2, 0.25) is 0 Å². The molecule has 3 heterocycles. The van der Waals surface area contributed by atoms with E-state index in [9.17, 15) is 19.8 Å². The van der Waals surface area contributed by atoms with Gasteiger partial charge in [0, 0.05) is 0 Å². The molecule has 0 saturated heterocycles. The summed E-state index contributed by atoms with van der Waals surface area (Å²) in [6.07, 6.45) is 0. The number of fused-ring (bicyclic) bond motifs is 1. The highest BCUT2D eigenvalue weighted by Gasteiger charge is 2.46. The van der Waals surface area contributed by atoms with Crippen LogP contribution in [-0.4, -0.2) is 43.5 Å². The lowest BCUT2D eigenvalue weighted by Crippen LogP contribution is -2.32. The molecule has 0 aliphatic carbocycles. The van der Waals surface area contributed by atoms with Crippen molar-refractivity contribution in [1.29, 1.82) is 0 Å². The smallest absolute Gasteiger partial charge is 0.296 e. The topological polar surface area (TPSA) is 129 Å². The quantitative estimate of drug-likeness (QED) is 0.339. The Morgan fingerprint density at radius 3 is 2.63 bits per heavy atom. The Balaban J connectivity index is 1.70. The minimum Gasteiger partial charge on any atom is -0.504 e. The third-order valence-electron chi connectivity index (χ3n) is 5.77. The molecule has 178 valence electrons. The highest BCUT2D eigenvalue weighted by Crippen LogP contribution is 2.44. The standard InChI is InChI=1S/C25H22N4O5S/c1-4-34-18-11-14(9-10-17(18)30)20-19(21(31)23-12(2)26-13(3)35-23)22(32)24(33)29(20)25-27-15-7-5-6-8-16(15)28-25/h5-11,20,30,32H,4H2,1-3H3,(H,27,28). The van der Waals surface area contributed by atoms with E-state index >= 15 is 0 Å². The van der Waals surface area contributed by atoms with Gasteiger partial charge in [0.05, 0.1) is 44.8 Å². The number of H-pyrrole nitrogens is 1. The second-order valence-corrected chi connectivity index (χ2v) is 9.26. The predicted octanol–water partition coefficient (Wildman–Crippen LogP) is 4.52. The zero-order chi connectivity index (χ0) is 24.9. The number of aliphatic hydroxyl groups is 1. The maximum absolute atomic E-state index is 13.7. The zero-order valence-corrected chi connectivity index (χ0v) is 20.0. The number of phenolic OH excluding ortho intramolecular Hbond substituents is 1. The van der Waals surface area contributed by atoms with Gasteiger partial charge in [-0.2, -0.15) is 0 Å². The first-order chi connectivity index (χ1) is 16.8. The Morgan fingerprint density at radius 1 is 1.17 bits per heavy atom. The van der Waals surface area contributed by atoms with Crippen molar-refractivity contribution in [2.24, 2.45) is 0 Å². The fraction of sp³-hybridized carbons (Fsp3) is 0.200. The fourth-order valence-electron chi connectivity index (χ4n) is 4.26. The maximum Gasteiger partial charge on any atom is 0.296 e. The van der Waals surface area contributed by atoms with Gasteiger partial charge < -0.3 is 19.9 Å². The van der Waals surface area contributed by atoms with E-state index < -0.39 is 23.5 Å². The van der Waals surface area contributed by atoms with Gasteiger partial charge in [0.2, 0.25) is 11.7 Å². The van der Waals surface area contributed by atoms with Crippen molar-refractivity contribution in [3.63, 3.8) is 0 Å². The number of aromatic nitrogens is 3. The molecule has 3 N–H and O–H groups in total. The van der Waals surface area contributed by atoms with Crippen molar-refractivity contribution in [3.8, 4) is 11.5 Å². The van der Waals surface area contributed by atoms with E-state index in [0.29, 0.717) is 38.8 Å². The number of amides is 1. The number of rotatable bonds is 6. The molecule has 1 unspecified atom stereocenters. The van der Waals surface area contributed by atoms with E-state index in [0.717, 1.165) is 0 Å². The normalized spacial score (nSPS) is 15.9. The number of carbonyl (C=O) groups excluding carboxylic acids is 2. The number of Topliss-reactive ketones (excluding diaryl/α,β-unsaturated/α-hetero) is 1. The number of ether oxygens (including phenoxy) is 1. The van der Waals surface area contributed by atoms with Crippen LogP contribution in [0.3, 0.4) is 0 Å². The van der Waals surface area contributed by atoms with Gasteiger partial charge in [0.25, 0.3) is 5.91 Å². The van der Waals surface area contributed by atoms with Crippen molar-refractivity contribution in [2.45, 2.75) is 26.8 Å². The van der Waals surface area contributed by atoms with Crippen molar-refractivity contribution in [2.75, 3.05) is 11.5 Å². The van der Waals surface area contributed by atoms with Gasteiger partial charge in [-0.05, 0) is 50.6 Å². The minimum atomic E-state index is -1.02. The summed E-state index contributed by atoms with van der Waals surface area (Å²) >= 11 is 1.20. The van der Waals surface area contributed by atoms with Crippen molar-refractivity contribution < 1.29 is 24.5 Å². The second kappa shape index (κ2) is 8.55. The summed E-state index contributed by atoms with van der Waals surface area (Å²) in [6.45, 7) is 5.58. The summed E-state index contributed by atoms with van der Waals surface area (Å²) in [7, 11) is 0. The number of anilines is 1. The fourth-order valence-corrected chi connectivity index (χ4v) is 5.13. The van der Waals surface area contributed by atoms with Crippen LogP contribution in [0.15, 0.2) is 53.8 Å². The number of thiazole rings is 1. The molecule has 5 rings (SSSR count). The van der Waals surface area contributed by atoms with Crippen LogP contribution >= 0.6 is 11.3 Å². The van der Waals surface area contributed by atoms with Crippen LogP contribution in [0.1, 0.15) is 38.9 Å². The molecule has 35 heavy (non-hydrogen) atoms. The van der Waals surface area contributed by atoms with Crippen LogP contribution in [0.4, 0.5) is 5.95 Å². The van der Waals surface area contributed by atoms with Crippen molar-refractivity contribution in [1.82, 2.24) is 15.0 Å². The summed E-state index contributed by atoms with van der Waals surface area (Å²) in [5.41, 5.74) is 2.22. The number of nitrogens with one attached hydrogen (secondary N) is 1. The monoisotopic (exact) mass is 490 g/mol.